The van der Waals surface area contributed by atoms with Gasteiger partial charge in [0.05, 0.1) is 23.0 Å². The van der Waals surface area contributed by atoms with Gasteiger partial charge in [-0.05, 0) is 43.5 Å². The molecule has 8 heteroatoms. The third-order valence-corrected chi connectivity index (χ3v) is 5.36. The van der Waals surface area contributed by atoms with E-state index in [4.69, 9.17) is 39.5 Å². The van der Waals surface area contributed by atoms with Gasteiger partial charge in [0.1, 0.15) is 0 Å². The minimum Gasteiger partial charge on any atom is -0.461 e. The third-order valence-electron chi connectivity index (χ3n) is 4.00. The molecular weight excluding hydrogens is 439 g/mol. The summed E-state index contributed by atoms with van der Waals surface area (Å²) in [6.07, 6.45) is 1.97. The summed E-state index contributed by atoms with van der Waals surface area (Å²) in [5.74, 6) is 0.114. The number of thioether (sulfide) groups is 1. The van der Waals surface area contributed by atoms with E-state index in [1.165, 1.54) is 0 Å². The van der Waals surface area contributed by atoms with Crippen LogP contribution in [0.4, 0.5) is 0 Å². The van der Waals surface area contributed by atoms with Crippen molar-refractivity contribution in [3.8, 4) is 16.9 Å². The Labute approximate surface area is 182 Å². The molecule has 0 fully saturated rings. The van der Waals surface area contributed by atoms with Crippen LogP contribution in [0.15, 0.2) is 42.5 Å². The van der Waals surface area contributed by atoms with Crippen molar-refractivity contribution < 1.29 is 9.53 Å². The van der Waals surface area contributed by atoms with E-state index in [0.717, 1.165) is 16.8 Å². The predicted molar refractivity (Wildman–Crippen MR) is 117 cm³/mol. The molecule has 3 aromatic rings. The van der Waals surface area contributed by atoms with Crippen molar-refractivity contribution >= 4 is 52.5 Å². The number of ether oxygens (including phenoxy) is 1. The average molecular weight is 456 g/mol. The molecule has 0 unspecified atom stereocenters. The van der Waals surface area contributed by atoms with Gasteiger partial charge in [-0.3, -0.25) is 0 Å². The summed E-state index contributed by atoms with van der Waals surface area (Å²) in [6.45, 7) is 2.03. The standard InChI is InChI=1S/C20H17Cl3N2O2S/c1-3-27-20(26)18-15(11-28-2)19(12-4-6-13(21)7-5-12)25(24-18)17-9-8-14(22)10-16(17)23/h4-10H,3,11H2,1-2H3. The lowest BCUT2D eigenvalue weighted by Crippen LogP contribution is -2.08. The third kappa shape index (κ3) is 4.33. The monoisotopic (exact) mass is 454 g/mol. The highest BCUT2D eigenvalue weighted by atomic mass is 35.5. The molecule has 0 atom stereocenters. The van der Waals surface area contributed by atoms with Gasteiger partial charge in [-0.25, -0.2) is 9.48 Å². The van der Waals surface area contributed by atoms with E-state index < -0.39 is 5.97 Å². The molecule has 28 heavy (non-hydrogen) atoms. The molecule has 3 rings (SSSR count). The van der Waals surface area contributed by atoms with Crippen LogP contribution in [-0.4, -0.2) is 28.6 Å². The van der Waals surface area contributed by atoms with Gasteiger partial charge in [-0.15, -0.1) is 0 Å². The van der Waals surface area contributed by atoms with Gasteiger partial charge in [-0.2, -0.15) is 16.9 Å². The first-order valence-corrected chi connectivity index (χ1v) is 11.0. The molecule has 2 aromatic carbocycles. The molecule has 0 spiro atoms. The number of carbonyl (C=O) groups excluding carboxylic acids is 1. The fraction of sp³-hybridized carbons (Fsp3) is 0.200. The van der Waals surface area contributed by atoms with Crippen LogP contribution in [0.25, 0.3) is 16.9 Å². The molecular formula is C20H17Cl3N2O2S. The van der Waals surface area contributed by atoms with Gasteiger partial charge < -0.3 is 4.74 Å². The second kappa shape index (κ2) is 9.23. The van der Waals surface area contributed by atoms with Crippen molar-refractivity contribution in [3.05, 3.63) is 68.8 Å². The van der Waals surface area contributed by atoms with Crippen LogP contribution in [0.5, 0.6) is 0 Å². The Morgan fingerprint density at radius 1 is 1.11 bits per heavy atom. The van der Waals surface area contributed by atoms with E-state index in [1.54, 1.807) is 53.7 Å². The molecule has 0 saturated carbocycles. The minimum absolute atomic E-state index is 0.266. The molecule has 0 N–H and O–H groups in total. The minimum atomic E-state index is -0.467. The lowest BCUT2D eigenvalue weighted by atomic mass is 10.1. The van der Waals surface area contributed by atoms with Crippen LogP contribution < -0.4 is 0 Å². The highest BCUT2D eigenvalue weighted by molar-refractivity contribution is 7.97. The van der Waals surface area contributed by atoms with Crippen LogP contribution in [0.2, 0.25) is 15.1 Å². The number of aromatic nitrogens is 2. The molecule has 4 nitrogen and oxygen atoms in total. The first kappa shape index (κ1) is 21.1. The molecule has 1 aromatic heterocycles. The quantitative estimate of drug-likeness (QED) is 0.396. The van der Waals surface area contributed by atoms with Crippen molar-refractivity contribution in [1.82, 2.24) is 9.78 Å². The SMILES string of the molecule is CCOC(=O)c1nn(-c2ccc(Cl)cc2Cl)c(-c2ccc(Cl)cc2)c1CSC. The van der Waals surface area contributed by atoms with Crippen molar-refractivity contribution in [2.24, 2.45) is 0 Å². The van der Waals surface area contributed by atoms with Gasteiger partial charge in [0.15, 0.2) is 5.69 Å². The first-order chi connectivity index (χ1) is 13.5. The fourth-order valence-corrected chi connectivity index (χ4v) is 4.00. The molecule has 146 valence electrons. The summed E-state index contributed by atoms with van der Waals surface area (Å²) >= 11 is 20.1. The number of benzene rings is 2. The highest BCUT2D eigenvalue weighted by Crippen LogP contribution is 2.35. The zero-order valence-corrected chi connectivity index (χ0v) is 18.3. The number of hydrogen-bond donors (Lipinski definition) is 0. The number of rotatable bonds is 6. The number of carbonyl (C=O) groups is 1. The Bertz CT molecular complexity index is 1000. The van der Waals surface area contributed by atoms with Crippen molar-refractivity contribution in [1.29, 1.82) is 0 Å². The Morgan fingerprint density at radius 2 is 1.79 bits per heavy atom. The topological polar surface area (TPSA) is 44.1 Å². The second-order valence-corrected chi connectivity index (χ2v) is 7.99. The first-order valence-electron chi connectivity index (χ1n) is 8.45. The Hall–Kier alpha value is -1.66. The average Bonchev–Trinajstić information content (AvgIpc) is 3.02. The fourth-order valence-electron chi connectivity index (χ4n) is 2.83. The molecule has 0 bridgehead atoms. The molecule has 0 radical (unpaired) electrons. The summed E-state index contributed by atoms with van der Waals surface area (Å²) in [4.78, 5) is 12.6. The molecule has 0 saturated heterocycles. The van der Waals surface area contributed by atoms with Crippen LogP contribution >= 0.6 is 46.6 Å². The summed E-state index contributed by atoms with van der Waals surface area (Å²) in [7, 11) is 0. The van der Waals surface area contributed by atoms with E-state index in [0.29, 0.717) is 26.5 Å². The van der Waals surface area contributed by atoms with E-state index >= 15 is 0 Å². The summed E-state index contributed by atoms with van der Waals surface area (Å²) in [6, 6.07) is 12.5. The Morgan fingerprint density at radius 3 is 2.39 bits per heavy atom. The summed E-state index contributed by atoms with van der Waals surface area (Å²) in [5, 5.41) is 6.14. The van der Waals surface area contributed by atoms with Gasteiger partial charge in [0.2, 0.25) is 0 Å². The van der Waals surface area contributed by atoms with Crippen LogP contribution in [0.3, 0.4) is 0 Å². The number of hydrogen-bond acceptors (Lipinski definition) is 4. The van der Waals surface area contributed by atoms with Crippen molar-refractivity contribution in [2.45, 2.75) is 12.7 Å². The Balaban J connectivity index is 2.31. The maximum absolute atomic E-state index is 12.6. The number of halogens is 3. The number of nitrogens with zero attached hydrogens (tertiary/aromatic N) is 2. The zero-order chi connectivity index (χ0) is 20.3. The predicted octanol–water partition coefficient (Wildman–Crippen LogP) is 6.54. The molecule has 0 aliphatic rings. The largest absolute Gasteiger partial charge is 0.461 e. The molecule has 0 aliphatic carbocycles. The smallest absolute Gasteiger partial charge is 0.359 e. The van der Waals surface area contributed by atoms with Crippen molar-refractivity contribution in [3.63, 3.8) is 0 Å². The molecule has 1 heterocycles. The van der Waals surface area contributed by atoms with E-state index in [1.807, 2.05) is 18.4 Å². The number of esters is 1. The summed E-state index contributed by atoms with van der Waals surface area (Å²) < 4.78 is 6.89. The maximum atomic E-state index is 12.6. The lowest BCUT2D eigenvalue weighted by molar-refractivity contribution is 0.0518. The molecule has 0 amide bonds. The van der Waals surface area contributed by atoms with E-state index in [9.17, 15) is 4.79 Å². The highest BCUT2D eigenvalue weighted by Gasteiger charge is 2.26. The zero-order valence-electron chi connectivity index (χ0n) is 15.2. The van der Waals surface area contributed by atoms with E-state index in [-0.39, 0.29) is 12.3 Å². The normalized spacial score (nSPS) is 10.9. The van der Waals surface area contributed by atoms with Crippen LogP contribution in [0.1, 0.15) is 23.0 Å². The van der Waals surface area contributed by atoms with Gasteiger partial charge in [0, 0.05) is 26.9 Å². The van der Waals surface area contributed by atoms with Gasteiger partial charge >= 0.3 is 5.97 Å². The summed E-state index contributed by atoms with van der Waals surface area (Å²) in [5.41, 5.74) is 3.29. The van der Waals surface area contributed by atoms with E-state index in [2.05, 4.69) is 5.10 Å². The van der Waals surface area contributed by atoms with Crippen LogP contribution in [0, 0.1) is 0 Å². The maximum Gasteiger partial charge on any atom is 0.359 e. The lowest BCUT2D eigenvalue weighted by Gasteiger charge is -2.11. The Kier molecular flexibility index (Phi) is 6.94. The van der Waals surface area contributed by atoms with Crippen molar-refractivity contribution in [2.75, 3.05) is 12.9 Å². The van der Waals surface area contributed by atoms with Crippen LogP contribution in [-0.2, 0) is 10.5 Å². The van der Waals surface area contributed by atoms with Gasteiger partial charge in [0.25, 0.3) is 0 Å². The second-order valence-electron chi connectivity index (χ2n) is 5.84. The molecule has 0 aliphatic heterocycles. The van der Waals surface area contributed by atoms with Gasteiger partial charge in [-0.1, -0.05) is 46.9 Å².